The van der Waals surface area contributed by atoms with Crippen molar-refractivity contribution < 1.29 is 18.4 Å². The van der Waals surface area contributed by atoms with Crippen LogP contribution in [-0.2, 0) is 11.3 Å². The summed E-state index contributed by atoms with van der Waals surface area (Å²) in [6, 6.07) is 27.8. The molecule has 7 nitrogen and oxygen atoms in total. The predicted molar refractivity (Wildman–Crippen MR) is 137 cm³/mol. The minimum Gasteiger partial charge on any atom is -0.467 e. The van der Waals surface area contributed by atoms with Crippen LogP contribution in [0.15, 0.2) is 114 Å². The van der Waals surface area contributed by atoms with Gasteiger partial charge in [-0.15, -0.1) is 0 Å². The minimum atomic E-state index is -0.450. The van der Waals surface area contributed by atoms with Gasteiger partial charge in [-0.05, 0) is 48.5 Å². The van der Waals surface area contributed by atoms with E-state index < -0.39 is 17.6 Å². The highest BCUT2D eigenvalue weighted by molar-refractivity contribution is 5.99. The monoisotopic (exact) mass is 494 g/mol. The number of amides is 2. The fraction of sp³-hybridized carbons (Fsp3) is 0.0690. The third-order valence-electron chi connectivity index (χ3n) is 5.70. The van der Waals surface area contributed by atoms with Crippen molar-refractivity contribution in [2.24, 2.45) is 0 Å². The second-order valence-corrected chi connectivity index (χ2v) is 8.32. The number of aromatic nitrogens is 2. The van der Waals surface area contributed by atoms with Crippen LogP contribution in [0, 0.1) is 5.82 Å². The van der Waals surface area contributed by atoms with Crippen molar-refractivity contribution in [2.45, 2.75) is 6.54 Å². The number of nitrogens with zero attached hydrogens (tertiary/aromatic N) is 3. The second-order valence-electron chi connectivity index (χ2n) is 8.32. The normalized spacial score (nSPS) is 10.7. The Balaban J connectivity index is 1.41. The van der Waals surface area contributed by atoms with Crippen LogP contribution in [-0.4, -0.2) is 32.8 Å². The summed E-state index contributed by atoms with van der Waals surface area (Å²) in [5.74, 6) is -0.483. The number of furan rings is 1. The first-order chi connectivity index (χ1) is 18.1. The van der Waals surface area contributed by atoms with E-state index in [1.54, 1.807) is 16.7 Å². The quantitative estimate of drug-likeness (QED) is 0.307. The molecule has 0 aliphatic carbocycles. The fourth-order valence-electron chi connectivity index (χ4n) is 3.90. The molecule has 184 valence electrons. The third kappa shape index (κ3) is 5.65. The van der Waals surface area contributed by atoms with Gasteiger partial charge >= 0.3 is 0 Å². The summed E-state index contributed by atoms with van der Waals surface area (Å²) in [5, 5.41) is 2.85. The maximum Gasteiger partial charge on any atom is 0.254 e. The molecule has 0 aliphatic rings. The number of benzene rings is 3. The molecular formula is C29H23FN4O3. The van der Waals surface area contributed by atoms with Crippen molar-refractivity contribution in [3.63, 3.8) is 0 Å². The van der Waals surface area contributed by atoms with Crippen molar-refractivity contribution in [3.8, 4) is 16.9 Å². The molecular weight excluding hydrogens is 471 g/mol. The molecule has 0 atom stereocenters. The average molecular weight is 495 g/mol. The summed E-state index contributed by atoms with van der Waals surface area (Å²) >= 11 is 0. The molecule has 0 bridgehead atoms. The zero-order valence-electron chi connectivity index (χ0n) is 19.8. The minimum absolute atomic E-state index is 0.0685. The highest BCUT2D eigenvalue weighted by Crippen LogP contribution is 2.24. The number of hydrogen-bond acceptors (Lipinski definition) is 4. The van der Waals surface area contributed by atoms with Crippen molar-refractivity contribution >= 4 is 17.8 Å². The van der Waals surface area contributed by atoms with Crippen molar-refractivity contribution in [3.05, 3.63) is 127 Å². The molecule has 0 saturated heterocycles. The molecule has 8 heteroatoms. The van der Waals surface area contributed by atoms with E-state index in [9.17, 15) is 14.0 Å². The van der Waals surface area contributed by atoms with Gasteiger partial charge in [0.1, 0.15) is 18.1 Å². The number of hydrogen-bond donors (Lipinski definition) is 1. The van der Waals surface area contributed by atoms with Gasteiger partial charge in [0.2, 0.25) is 11.9 Å². The molecule has 0 unspecified atom stereocenters. The van der Waals surface area contributed by atoms with Crippen LogP contribution >= 0.6 is 0 Å². The summed E-state index contributed by atoms with van der Waals surface area (Å²) in [6.07, 6.45) is 3.35. The summed E-state index contributed by atoms with van der Waals surface area (Å²) in [5.41, 5.74) is 2.67. The lowest BCUT2D eigenvalue weighted by molar-refractivity contribution is -0.117. The highest BCUT2D eigenvalue weighted by Gasteiger charge is 2.22. The maximum atomic E-state index is 13.4. The van der Waals surface area contributed by atoms with E-state index in [1.807, 2.05) is 66.9 Å². The molecule has 2 aromatic heterocycles. The van der Waals surface area contributed by atoms with Crippen molar-refractivity contribution in [1.29, 1.82) is 0 Å². The molecule has 0 radical (unpaired) electrons. The number of carbonyl (C=O) groups is 2. The summed E-state index contributed by atoms with van der Waals surface area (Å²) in [6.45, 7) is -0.196. The molecule has 0 saturated carbocycles. The molecule has 1 N–H and O–H groups in total. The Hall–Kier alpha value is -4.98. The van der Waals surface area contributed by atoms with E-state index in [1.165, 1.54) is 35.4 Å². The molecule has 5 aromatic rings. The van der Waals surface area contributed by atoms with Crippen LogP contribution < -0.4 is 5.32 Å². The number of rotatable bonds is 8. The average Bonchev–Trinajstić information content (AvgIpc) is 3.59. The second kappa shape index (κ2) is 10.7. The third-order valence-corrected chi connectivity index (χ3v) is 5.70. The lowest BCUT2D eigenvalue weighted by Gasteiger charge is -2.21. The van der Waals surface area contributed by atoms with Gasteiger partial charge in [0, 0.05) is 23.0 Å². The van der Waals surface area contributed by atoms with E-state index in [0.717, 1.165) is 11.3 Å². The lowest BCUT2D eigenvalue weighted by atomic mass is 10.2. The Morgan fingerprint density at radius 3 is 2.27 bits per heavy atom. The van der Waals surface area contributed by atoms with Gasteiger partial charge in [-0.2, -0.15) is 0 Å². The molecule has 5 rings (SSSR count). The number of halogens is 1. The lowest BCUT2D eigenvalue weighted by Crippen LogP contribution is -2.37. The van der Waals surface area contributed by atoms with E-state index in [2.05, 4.69) is 10.3 Å². The fourth-order valence-corrected chi connectivity index (χ4v) is 3.90. The van der Waals surface area contributed by atoms with Gasteiger partial charge in [-0.25, -0.2) is 9.37 Å². The predicted octanol–water partition coefficient (Wildman–Crippen LogP) is 5.55. The van der Waals surface area contributed by atoms with E-state index in [-0.39, 0.29) is 18.7 Å². The summed E-state index contributed by atoms with van der Waals surface area (Å²) in [7, 11) is 0. The molecule has 3 aromatic carbocycles. The van der Waals surface area contributed by atoms with Crippen LogP contribution in [0.4, 0.5) is 10.3 Å². The molecule has 0 aliphatic heterocycles. The number of nitrogens with one attached hydrogen (secondary N) is 1. The first kappa shape index (κ1) is 23.7. The Kier molecular flexibility index (Phi) is 6.89. The Labute approximate surface area is 212 Å². The first-order valence-electron chi connectivity index (χ1n) is 11.6. The van der Waals surface area contributed by atoms with Crippen LogP contribution in [0.1, 0.15) is 16.1 Å². The number of imidazole rings is 1. The standard InChI is InChI=1S/C29H23FN4O3/c30-23-15-13-22(14-16-23)28(36)33(18-25-12-7-17-37-25)20-27(35)32-29-31-26(21-8-3-1-4-9-21)19-34(29)24-10-5-2-6-11-24/h1-17,19H,18,20H2,(H,31,32,35). The molecule has 2 amide bonds. The van der Waals surface area contributed by atoms with Gasteiger partial charge in [-0.1, -0.05) is 48.5 Å². The summed E-state index contributed by atoms with van der Waals surface area (Å²) < 4.78 is 20.6. The summed E-state index contributed by atoms with van der Waals surface area (Å²) in [4.78, 5) is 32.4. The molecule has 2 heterocycles. The van der Waals surface area contributed by atoms with E-state index >= 15 is 0 Å². The van der Waals surface area contributed by atoms with Gasteiger partial charge < -0.3 is 9.32 Å². The molecule has 37 heavy (non-hydrogen) atoms. The zero-order chi connectivity index (χ0) is 25.6. The topological polar surface area (TPSA) is 80.4 Å². The number of carbonyl (C=O) groups excluding carboxylic acids is 2. The van der Waals surface area contributed by atoms with Gasteiger partial charge in [0.15, 0.2) is 0 Å². The Morgan fingerprint density at radius 2 is 1.59 bits per heavy atom. The number of para-hydroxylation sites is 1. The highest BCUT2D eigenvalue weighted by atomic mass is 19.1. The molecule has 0 fully saturated rings. The largest absolute Gasteiger partial charge is 0.467 e. The SMILES string of the molecule is O=C(CN(Cc1ccco1)C(=O)c1ccc(F)cc1)Nc1nc(-c2ccccc2)cn1-c1ccccc1. The maximum absolute atomic E-state index is 13.4. The van der Waals surface area contributed by atoms with E-state index in [0.29, 0.717) is 17.4 Å². The van der Waals surface area contributed by atoms with E-state index in [4.69, 9.17) is 4.42 Å². The van der Waals surface area contributed by atoms with Crippen LogP contribution in [0.3, 0.4) is 0 Å². The van der Waals surface area contributed by atoms with Crippen LogP contribution in [0.5, 0.6) is 0 Å². The molecule has 0 spiro atoms. The van der Waals surface area contributed by atoms with Gasteiger partial charge in [0.05, 0.1) is 18.5 Å². The van der Waals surface area contributed by atoms with Gasteiger partial charge in [-0.3, -0.25) is 19.5 Å². The van der Waals surface area contributed by atoms with Crippen LogP contribution in [0.25, 0.3) is 16.9 Å². The van der Waals surface area contributed by atoms with Crippen molar-refractivity contribution in [1.82, 2.24) is 14.5 Å². The number of anilines is 1. The Morgan fingerprint density at radius 1 is 0.892 bits per heavy atom. The first-order valence-corrected chi connectivity index (χ1v) is 11.6. The van der Waals surface area contributed by atoms with Crippen LogP contribution in [0.2, 0.25) is 0 Å². The van der Waals surface area contributed by atoms with Crippen molar-refractivity contribution in [2.75, 3.05) is 11.9 Å². The van der Waals surface area contributed by atoms with Gasteiger partial charge in [0.25, 0.3) is 5.91 Å². The smallest absolute Gasteiger partial charge is 0.254 e. The Bertz CT molecular complexity index is 1480. The zero-order valence-corrected chi connectivity index (χ0v) is 19.8.